The van der Waals surface area contributed by atoms with Crippen molar-refractivity contribution in [3.63, 3.8) is 0 Å². The molecule has 0 aliphatic carbocycles. The van der Waals surface area contributed by atoms with Gasteiger partial charge in [-0.15, -0.1) is 238 Å². The van der Waals surface area contributed by atoms with Crippen molar-refractivity contribution in [3.05, 3.63) is 540 Å². The van der Waals surface area contributed by atoms with Gasteiger partial charge in [0.05, 0.1) is 11.3 Å². The molecule has 1 N–H and O–H groups in total. The van der Waals surface area contributed by atoms with Crippen LogP contribution in [0.4, 0.5) is 17.1 Å². The third-order valence-electron chi connectivity index (χ3n) is 21.4. The first-order valence-corrected chi connectivity index (χ1v) is 45.3. The van der Waals surface area contributed by atoms with Crippen molar-refractivity contribution < 1.29 is 131 Å². The van der Waals surface area contributed by atoms with Gasteiger partial charge in [-0.2, -0.15) is 0 Å². The minimum absolute atomic E-state index is 0. The van der Waals surface area contributed by atoms with Crippen molar-refractivity contribution in [2.24, 2.45) is 0 Å². The molecule has 0 atom stereocenters. The molecule has 0 bridgehead atoms. The van der Waals surface area contributed by atoms with E-state index in [9.17, 15) is 4.79 Å². The van der Waals surface area contributed by atoms with Crippen molar-refractivity contribution in [2.45, 2.75) is 40.0 Å². The van der Waals surface area contributed by atoms with Crippen LogP contribution in [0, 0.1) is 42.5 Å². The molecule has 20 heteroatoms. The van der Waals surface area contributed by atoms with Gasteiger partial charge in [0.2, 0.25) is 0 Å². The number of carbonyl (C=O) groups excluding carboxylic acids is 1. The van der Waals surface area contributed by atoms with E-state index in [4.69, 9.17) is 5.11 Å². The van der Waals surface area contributed by atoms with Crippen molar-refractivity contribution in [2.75, 3.05) is 4.90 Å². The van der Waals surface area contributed by atoms with E-state index < -0.39 is 0 Å². The van der Waals surface area contributed by atoms with E-state index in [0.717, 1.165) is 124 Å². The minimum Gasteiger partial charge on any atom is -0.573 e. The molecular formula is C125H96Ir6N12O2-8. The Morgan fingerprint density at radius 1 is 0.290 bits per heavy atom. The smallest absolute Gasteiger partial charge is 0.155 e. The van der Waals surface area contributed by atoms with Gasteiger partial charge in [-0.1, -0.05) is 232 Å². The number of carbonyl (C=O) groups is 1. The van der Waals surface area contributed by atoms with Gasteiger partial charge < -0.3 is 50.1 Å². The van der Waals surface area contributed by atoms with Crippen LogP contribution in [0.5, 0.6) is 0 Å². The van der Waals surface area contributed by atoms with E-state index in [1.54, 1.807) is 18.7 Å². The zero-order valence-electron chi connectivity index (χ0n) is 79.4. The van der Waals surface area contributed by atoms with Gasteiger partial charge in [0.15, 0.2) is 5.78 Å². The first kappa shape index (κ1) is 114. The molecule has 14 nitrogen and oxygen atoms in total. The number of allylic oxidation sites excluding steroid dienone is 2. The molecule has 0 aliphatic heterocycles. The first-order valence-electron chi connectivity index (χ1n) is 45.3. The average molecular weight is 2950 g/mol. The molecule has 0 fully saturated rings. The van der Waals surface area contributed by atoms with Crippen LogP contribution in [-0.2, 0) is 131 Å². The molecular weight excluding hydrogens is 2850 g/mol. The third-order valence-corrected chi connectivity index (χ3v) is 21.4. The summed E-state index contributed by atoms with van der Waals surface area (Å²) in [7, 11) is 0. The minimum atomic E-state index is -0.125. The van der Waals surface area contributed by atoms with Crippen LogP contribution in [0.25, 0.3) is 144 Å². The van der Waals surface area contributed by atoms with E-state index in [1.165, 1.54) is 63.0 Å². The Morgan fingerprint density at radius 3 is 1.02 bits per heavy atom. The zero-order valence-corrected chi connectivity index (χ0v) is 93.8. The number of pyridine rings is 7. The number of aliphatic hydroxyl groups is 1. The van der Waals surface area contributed by atoms with E-state index in [1.807, 2.05) is 346 Å². The van der Waals surface area contributed by atoms with Gasteiger partial charge in [0.25, 0.3) is 0 Å². The second-order valence-electron chi connectivity index (χ2n) is 32.3. The van der Waals surface area contributed by atoms with Crippen molar-refractivity contribution in [1.29, 1.82) is 0 Å². The molecule has 9 aromatic heterocycles. The first-order chi connectivity index (χ1) is 68.3. The molecule has 0 spiro atoms. The van der Waals surface area contributed by atoms with E-state index in [-0.39, 0.29) is 138 Å². The van der Waals surface area contributed by atoms with Crippen LogP contribution in [-0.4, -0.2) is 60.8 Å². The summed E-state index contributed by atoms with van der Waals surface area (Å²) < 4.78 is 0. The maximum absolute atomic E-state index is 10.0. The number of nitrogens with zero attached hydrogens (tertiary/aromatic N) is 12. The summed E-state index contributed by atoms with van der Waals surface area (Å²) in [4.78, 5) is 51.4. The van der Waals surface area contributed by atoms with Crippen LogP contribution < -0.4 is 10.00 Å². The Labute approximate surface area is 928 Å². The summed E-state index contributed by atoms with van der Waals surface area (Å²) in [5.41, 5.74) is 21.1. The van der Waals surface area contributed by atoms with Crippen LogP contribution in [0.2, 0.25) is 0 Å². The summed E-state index contributed by atoms with van der Waals surface area (Å²) >= 11 is 0. The van der Waals surface area contributed by atoms with Gasteiger partial charge in [0.1, 0.15) is 6.33 Å². The van der Waals surface area contributed by atoms with Crippen molar-refractivity contribution in [3.8, 4) is 90.2 Å². The van der Waals surface area contributed by atoms with Crippen molar-refractivity contribution in [1.82, 2.24) is 55.1 Å². The number of ketones is 1. The number of anilines is 3. The number of hydrogen-bond donors (Lipinski definition) is 1. The molecule has 6 radical (unpaired) electrons. The van der Waals surface area contributed by atoms with Crippen LogP contribution in [0.1, 0.15) is 40.3 Å². The molecule has 14 aromatic carbocycles. The van der Waals surface area contributed by atoms with E-state index in [2.05, 4.69) is 238 Å². The zero-order chi connectivity index (χ0) is 95.8. The second kappa shape index (κ2) is 60.3. The monoisotopic (exact) mass is 2950 g/mol. The molecule has 0 saturated carbocycles. The third kappa shape index (κ3) is 33.3. The molecule has 145 heavy (non-hydrogen) atoms. The Kier molecular flexibility index (Phi) is 47.5. The summed E-state index contributed by atoms with van der Waals surface area (Å²) in [5.74, 6) is -0.0625. The van der Waals surface area contributed by atoms with Gasteiger partial charge in [0, 0.05) is 198 Å². The average Bonchev–Trinajstić information content (AvgIpc) is 1.65. The number of aliphatic hydroxyl groups excluding tert-OH is 1. The Morgan fingerprint density at radius 2 is 0.634 bits per heavy atom. The number of fused-ring (bicyclic) bond motifs is 5. The van der Waals surface area contributed by atoms with Crippen LogP contribution in [0.3, 0.4) is 0 Å². The molecule has 23 rings (SSSR count). The fourth-order valence-electron chi connectivity index (χ4n) is 14.8. The molecule has 23 aromatic rings. The van der Waals surface area contributed by atoms with Gasteiger partial charge in [-0.3, -0.25) is 14.8 Å². The second-order valence-corrected chi connectivity index (χ2v) is 32.3. The quantitative estimate of drug-likeness (QED) is 0.0692. The number of hydrogen-bond acceptors (Lipinski definition) is 13. The summed E-state index contributed by atoms with van der Waals surface area (Å²) in [5, 5.41) is 27.3. The van der Waals surface area contributed by atoms with Gasteiger partial charge in [-0.25, -0.2) is 4.98 Å². The fourth-order valence-corrected chi connectivity index (χ4v) is 14.8. The SMILES string of the molecule is CC(=O)C=C(C)O.CC(C)(C)c1cc(-c2ccccn2)[n-]n1.[Ir].[Ir].[Ir].[Ir].[Ir].[Ir].[c-]1ccc(N(c2ccccc2)c2ccccc2)cc1-c1ccccn1.[c-]1ccc2ccccc2c1-c1ccccn1.[c-]1ccccc1-c1ccccn1.[c-]1ccccc1-c1nccc2ccccc12.[c-]1ccccc1-c1nccc2ccccc12.[c-]1ccccc1-c1nccc2ccccc12.[c-]1ccccc1-c1ncnc2ccccc12. The Bertz CT molecular complexity index is 7010. The predicted octanol–water partition coefficient (Wildman–Crippen LogP) is 29.9. The molecule has 9 heterocycles. The Hall–Kier alpha value is -14.4. The molecule has 0 aliphatic rings. The number of aromatic nitrogens is 11. The number of benzene rings is 14. The molecule has 0 unspecified atom stereocenters. The van der Waals surface area contributed by atoms with Gasteiger partial charge in [-0.05, 0) is 176 Å². The maximum atomic E-state index is 10.0. The van der Waals surface area contributed by atoms with E-state index in [0.29, 0.717) is 0 Å². The fraction of sp³-hybridized carbons (Fsp3) is 0.0480. The molecule has 730 valence electrons. The summed E-state index contributed by atoms with van der Waals surface area (Å²) in [6.07, 6.45) is 15.5. The standard InChI is InChI=1S/C23H17N2.4C15H10N.C14H9N2.C12H14N3.C11H8N.C5H8O2.6Ir/c1-3-11-20(12-4-1)25(21-13-5-2-6-14-21)22-15-9-10-19(18-22)23-16-7-8-17-24-23;1-2-8-13-12(6-1)7-5-9-14(13)15-10-3-4-11-16-15;3*1-2-7-13(8-3-1)15-14-9-5-4-6-12(14)10-11-16-15;1-2-6-11(7-3-1)14-12-8-4-5-9-13(12)15-10-16-14;1-12(2,3)11-8-10(14-15-11)9-6-4-5-7-13-9;1-2-6-10(7-3-1)11-8-4-5-9-12-11;1-4(6)3-5(2)7;;;;;;/h1-9,11-18H;1-8,10-11H;3*1-7,9-11H;1-6,8-10H;4-8H,1-3H3;1-6,8-9H;3,6H,1-2H3;;;;;;/q8*-1;;;;;;;. The molecule has 0 amide bonds. The normalized spacial score (nSPS) is 10.1. The Balaban J connectivity index is 0.000000183. The summed E-state index contributed by atoms with van der Waals surface area (Å²) in [6.45, 7) is 9.22. The predicted molar refractivity (Wildman–Crippen MR) is 566 cm³/mol. The van der Waals surface area contributed by atoms with Crippen LogP contribution in [0.15, 0.2) is 492 Å². The van der Waals surface area contributed by atoms with Crippen LogP contribution >= 0.6 is 0 Å². The van der Waals surface area contributed by atoms with Gasteiger partial charge >= 0.3 is 0 Å². The van der Waals surface area contributed by atoms with E-state index >= 15 is 0 Å². The maximum Gasteiger partial charge on any atom is 0.155 e. The summed E-state index contributed by atoms with van der Waals surface area (Å²) in [6, 6.07) is 166. The molecule has 0 saturated heterocycles. The number of rotatable bonds is 12. The number of para-hydroxylation sites is 3. The largest absolute Gasteiger partial charge is 0.573 e. The van der Waals surface area contributed by atoms with Crippen molar-refractivity contribution >= 4 is 76.8 Å². The topological polar surface area (TPSA) is 184 Å².